The second kappa shape index (κ2) is 2.73. The molecule has 2 aliphatic rings. The van der Waals surface area contributed by atoms with Crippen molar-refractivity contribution in [1.29, 1.82) is 0 Å². The fraction of sp³-hybridized carbons (Fsp3) is 0.385. The van der Waals surface area contributed by atoms with Gasteiger partial charge in [-0.2, -0.15) is 0 Å². The van der Waals surface area contributed by atoms with Crippen LogP contribution in [0.4, 0.5) is 0 Å². The van der Waals surface area contributed by atoms with Crippen molar-refractivity contribution in [1.82, 2.24) is 0 Å². The zero-order valence-electron chi connectivity index (χ0n) is 7.69. The van der Waals surface area contributed by atoms with Crippen molar-refractivity contribution in [2.75, 3.05) is 0 Å². The van der Waals surface area contributed by atoms with Gasteiger partial charge in [0.25, 0.3) is 0 Å². The average Bonchev–Trinajstić information content (AvgIpc) is 2.96. The Morgan fingerprint density at radius 1 is 0.923 bits per heavy atom. The highest BCUT2D eigenvalue weighted by molar-refractivity contribution is 5.27. The maximum absolute atomic E-state index is 2.42. The lowest BCUT2D eigenvalue weighted by Gasteiger charge is -2.15. The summed E-state index contributed by atoms with van der Waals surface area (Å²) in [6, 6.07) is 10.9. The highest BCUT2D eigenvalue weighted by Crippen LogP contribution is 2.49. The third-order valence-corrected chi connectivity index (χ3v) is 3.35. The summed E-state index contributed by atoms with van der Waals surface area (Å²) >= 11 is 0. The molecular formula is C13H14. The normalized spacial score (nSPS) is 35.5. The van der Waals surface area contributed by atoms with Crippen LogP contribution in [-0.4, -0.2) is 0 Å². The quantitative estimate of drug-likeness (QED) is 0.567. The van der Waals surface area contributed by atoms with Crippen LogP contribution < -0.4 is 0 Å². The van der Waals surface area contributed by atoms with Gasteiger partial charge in [0.15, 0.2) is 0 Å². The van der Waals surface area contributed by atoms with Gasteiger partial charge in [0, 0.05) is 5.92 Å². The molecule has 3 rings (SSSR count). The molecule has 0 N–H and O–H groups in total. The molecule has 0 aromatic heterocycles. The summed E-state index contributed by atoms with van der Waals surface area (Å²) in [6.45, 7) is 0. The van der Waals surface area contributed by atoms with Gasteiger partial charge in [-0.15, -0.1) is 0 Å². The highest BCUT2D eigenvalue weighted by atomic mass is 14.4. The molecule has 0 heteroatoms. The van der Waals surface area contributed by atoms with Crippen LogP contribution in [0.25, 0.3) is 0 Å². The number of hydrogen-bond acceptors (Lipinski definition) is 0. The van der Waals surface area contributed by atoms with Crippen molar-refractivity contribution in [3.63, 3.8) is 0 Å². The first kappa shape index (κ1) is 7.37. The molecule has 0 heterocycles. The number of benzene rings is 1. The van der Waals surface area contributed by atoms with E-state index < -0.39 is 0 Å². The molecule has 66 valence electrons. The predicted molar refractivity (Wildman–Crippen MR) is 54.5 cm³/mol. The van der Waals surface area contributed by atoms with E-state index in [9.17, 15) is 0 Å². The van der Waals surface area contributed by atoms with Gasteiger partial charge >= 0.3 is 0 Å². The third kappa shape index (κ3) is 1.31. The third-order valence-electron chi connectivity index (χ3n) is 3.35. The Bertz CT molecular complexity index is 323. The van der Waals surface area contributed by atoms with Gasteiger partial charge in [0.05, 0.1) is 0 Å². The van der Waals surface area contributed by atoms with Crippen LogP contribution in [0.2, 0.25) is 0 Å². The standard InChI is InChI=1S/C13H14/c1-2-4-10(5-3-1)11-6-7-12-9-13(12)8-11/h1-7,11-13H,8-9H2. The monoisotopic (exact) mass is 170 g/mol. The fourth-order valence-corrected chi connectivity index (χ4v) is 2.41. The predicted octanol–water partition coefficient (Wildman–Crippen LogP) is 3.37. The molecule has 0 aliphatic heterocycles. The lowest BCUT2D eigenvalue weighted by molar-refractivity contribution is 0.615. The lowest BCUT2D eigenvalue weighted by Crippen LogP contribution is -2.00. The Balaban J connectivity index is 1.86. The number of allylic oxidation sites excluding steroid dienone is 2. The summed E-state index contributed by atoms with van der Waals surface area (Å²) in [6.07, 6.45) is 7.65. The van der Waals surface area contributed by atoms with Gasteiger partial charge in [-0.05, 0) is 30.2 Å². The van der Waals surface area contributed by atoms with E-state index in [0.29, 0.717) is 5.92 Å². The van der Waals surface area contributed by atoms with E-state index in [1.807, 2.05) is 0 Å². The molecule has 0 amide bonds. The number of hydrogen-bond donors (Lipinski definition) is 0. The zero-order chi connectivity index (χ0) is 8.67. The smallest absolute Gasteiger partial charge is 0.00209 e. The van der Waals surface area contributed by atoms with Crippen molar-refractivity contribution >= 4 is 0 Å². The molecule has 3 unspecified atom stereocenters. The van der Waals surface area contributed by atoms with Crippen molar-refractivity contribution < 1.29 is 0 Å². The van der Waals surface area contributed by atoms with E-state index in [4.69, 9.17) is 0 Å². The first-order chi connectivity index (χ1) is 6.43. The van der Waals surface area contributed by atoms with E-state index in [1.165, 1.54) is 18.4 Å². The first-order valence-corrected chi connectivity index (χ1v) is 5.17. The lowest BCUT2D eigenvalue weighted by atomic mass is 9.89. The average molecular weight is 170 g/mol. The Morgan fingerprint density at radius 3 is 2.54 bits per heavy atom. The number of rotatable bonds is 1. The minimum atomic E-state index is 0.699. The first-order valence-electron chi connectivity index (χ1n) is 5.17. The van der Waals surface area contributed by atoms with Crippen molar-refractivity contribution in [2.45, 2.75) is 18.8 Å². The van der Waals surface area contributed by atoms with Crippen LogP contribution in [0.15, 0.2) is 42.5 Å². The van der Waals surface area contributed by atoms with E-state index in [2.05, 4.69) is 42.5 Å². The van der Waals surface area contributed by atoms with Crippen molar-refractivity contribution in [3.05, 3.63) is 48.0 Å². The van der Waals surface area contributed by atoms with Crippen LogP contribution in [0, 0.1) is 11.8 Å². The van der Waals surface area contributed by atoms with Crippen LogP contribution in [0.1, 0.15) is 24.3 Å². The van der Waals surface area contributed by atoms with Gasteiger partial charge in [-0.3, -0.25) is 0 Å². The minimum absolute atomic E-state index is 0.699. The Morgan fingerprint density at radius 2 is 1.77 bits per heavy atom. The minimum Gasteiger partial charge on any atom is -0.0845 e. The van der Waals surface area contributed by atoms with Gasteiger partial charge in [0.1, 0.15) is 0 Å². The van der Waals surface area contributed by atoms with Gasteiger partial charge in [0.2, 0.25) is 0 Å². The van der Waals surface area contributed by atoms with Gasteiger partial charge in [-0.25, -0.2) is 0 Å². The molecule has 13 heavy (non-hydrogen) atoms. The van der Waals surface area contributed by atoms with Crippen LogP contribution in [0.5, 0.6) is 0 Å². The second-order valence-corrected chi connectivity index (χ2v) is 4.30. The van der Waals surface area contributed by atoms with E-state index >= 15 is 0 Å². The Kier molecular flexibility index (Phi) is 1.55. The zero-order valence-corrected chi connectivity index (χ0v) is 7.69. The molecule has 0 bridgehead atoms. The maximum Gasteiger partial charge on any atom is 0.00209 e. The maximum atomic E-state index is 2.42. The Hall–Kier alpha value is -1.04. The number of fused-ring (bicyclic) bond motifs is 1. The summed E-state index contributed by atoms with van der Waals surface area (Å²) in [7, 11) is 0. The molecule has 0 spiro atoms. The van der Waals surface area contributed by atoms with Gasteiger partial charge in [-0.1, -0.05) is 42.5 Å². The molecule has 1 aromatic rings. The largest absolute Gasteiger partial charge is 0.0845 e. The van der Waals surface area contributed by atoms with Crippen LogP contribution >= 0.6 is 0 Å². The van der Waals surface area contributed by atoms with Crippen LogP contribution in [0.3, 0.4) is 0 Å². The van der Waals surface area contributed by atoms with Crippen molar-refractivity contribution in [3.8, 4) is 0 Å². The SMILES string of the molecule is C1=CC2CC2CC1c1ccccc1. The fourth-order valence-electron chi connectivity index (χ4n) is 2.41. The summed E-state index contributed by atoms with van der Waals surface area (Å²) in [4.78, 5) is 0. The molecule has 0 radical (unpaired) electrons. The van der Waals surface area contributed by atoms with Gasteiger partial charge < -0.3 is 0 Å². The van der Waals surface area contributed by atoms with Crippen LogP contribution in [-0.2, 0) is 0 Å². The molecule has 1 fully saturated rings. The summed E-state index contributed by atoms with van der Waals surface area (Å²) in [5, 5.41) is 0. The summed E-state index contributed by atoms with van der Waals surface area (Å²) in [5.74, 6) is 2.65. The van der Waals surface area contributed by atoms with E-state index in [-0.39, 0.29) is 0 Å². The molecular weight excluding hydrogens is 156 g/mol. The molecule has 3 atom stereocenters. The molecule has 0 saturated heterocycles. The second-order valence-electron chi connectivity index (χ2n) is 4.30. The summed E-state index contributed by atoms with van der Waals surface area (Å²) < 4.78 is 0. The molecule has 0 nitrogen and oxygen atoms in total. The Labute approximate surface area is 79.3 Å². The molecule has 1 saturated carbocycles. The van der Waals surface area contributed by atoms with E-state index in [0.717, 1.165) is 11.8 Å². The topological polar surface area (TPSA) is 0 Å². The molecule has 1 aromatic carbocycles. The van der Waals surface area contributed by atoms with Crippen molar-refractivity contribution in [2.24, 2.45) is 11.8 Å². The van der Waals surface area contributed by atoms with E-state index in [1.54, 1.807) is 0 Å². The summed E-state index contributed by atoms with van der Waals surface area (Å²) in [5.41, 5.74) is 1.49. The molecule has 2 aliphatic carbocycles. The highest BCUT2D eigenvalue weighted by Gasteiger charge is 2.38.